The molecule has 7 nitrogen and oxygen atoms in total. The first-order chi connectivity index (χ1) is 15.8. The molecule has 33 heavy (non-hydrogen) atoms. The lowest BCUT2D eigenvalue weighted by Gasteiger charge is -2.13. The van der Waals surface area contributed by atoms with Crippen molar-refractivity contribution in [3.8, 4) is 23.0 Å². The molecule has 0 saturated carbocycles. The van der Waals surface area contributed by atoms with Crippen LogP contribution in [0, 0.1) is 13.8 Å². The number of methoxy groups -OCH3 is 2. The van der Waals surface area contributed by atoms with Gasteiger partial charge in [-0.3, -0.25) is 4.79 Å². The molecule has 2 N–H and O–H groups in total. The number of aryl methyl sites for hydroxylation is 2. The Bertz CT molecular complexity index is 1170. The highest BCUT2D eigenvalue weighted by Crippen LogP contribution is 2.28. The number of amides is 1. The molecule has 8 heteroatoms. The van der Waals surface area contributed by atoms with Crippen LogP contribution in [0.25, 0.3) is 0 Å². The number of aromatic hydroxyl groups is 1. The highest BCUT2D eigenvalue weighted by Gasteiger charge is 2.10. The third kappa shape index (κ3) is 5.96. The number of carbonyl (C=O) groups is 1. The topological polar surface area (TPSA) is 89.4 Å². The molecule has 1 amide bonds. The smallest absolute Gasteiger partial charge is 0.271 e. The number of phenols is 1. The summed E-state index contributed by atoms with van der Waals surface area (Å²) >= 11 is 6.23. The summed E-state index contributed by atoms with van der Waals surface area (Å²) in [4.78, 5) is 12.3. The average molecular weight is 469 g/mol. The number of carbonyl (C=O) groups excluding carboxylic acids is 1. The van der Waals surface area contributed by atoms with Gasteiger partial charge in [-0.1, -0.05) is 11.6 Å². The molecule has 0 aliphatic rings. The van der Waals surface area contributed by atoms with Crippen LogP contribution in [0.3, 0.4) is 0 Å². The summed E-state index contributed by atoms with van der Waals surface area (Å²) in [6.45, 7) is 4.15. The molecule has 0 aromatic heterocycles. The summed E-state index contributed by atoms with van der Waals surface area (Å²) in [5, 5.41) is 14.4. The van der Waals surface area contributed by atoms with E-state index in [1.165, 1.54) is 31.5 Å². The number of hydrazone groups is 1. The van der Waals surface area contributed by atoms with Crippen LogP contribution >= 0.6 is 11.6 Å². The Morgan fingerprint density at radius 1 is 1.03 bits per heavy atom. The van der Waals surface area contributed by atoms with E-state index in [1.807, 2.05) is 44.2 Å². The van der Waals surface area contributed by atoms with Crippen LogP contribution in [-0.2, 0) is 6.61 Å². The SMILES string of the molecule is COc1cc(C(=O)N/N=C/c2ccc(OC)c(COc3cc(C)c(Cl)c(C)c3)c2)ccc1O. The Labute approximate surface area is 197 Å². The molecular weight excluding hydrogens is 444 g/mol. The maximum atomic E-state index is 12.3. The second-order valence-corrected chi connectivity index (χ2v) is 7.69. The number of benzene rings is 3. The Balaban J connectivity index is 1.70. The lowest BCUT2D eigenvalue weighted by atomic mass is 10.1. The van der Waals surface area contributed by atoms with Crippen LogP contribution in [0.2, 0.25) is 5.02 Å². The van der Waals surface area contributed by atoms with Crippen molar-refractivity contribution in [1.29, 1.82) is 0 Å². The van der Waals surface area contributed by atoms with Crippen LogP contribution in [0.4, 0.5) is 0 Å². The van der Waals surface area contributed by atoms with Crippen molar-refractivity contribution < 1.29 is 24.1 Å². The Kier molecular flexibility index (Phi) is 7.79. The molecule has 0 atom stereocenters. The number of nitrogens with one attached hydrogen (secondary N) is 1. The fourth-order valence-electron chi connectivity index (χ4n) is 3.19. The lowest BCUT2D eigenvalue weighted by Crippen LogP contribution is -2.17. The molecule has 0 spiro atoms. The van der Waals surface area contributed by atoms with E-state index in [4.69, 9.17) is 25.8 Å². The van der Waals surface area contributed by atoms with Gasteiger partial charge in [0.2, 0.25) is 0 Å². The zero-order valence-corrected chi connectivity index (χ0v) is 19.6. The Morgan fingerprint density at radius 3 is 2.39 bits per heavy atom. The number of rotatable bonds is 8. The molecule has 3 aromatic carbocycles. The minimum Gasteiger partial charge on any atom is -0.504 e. The van der Waals surface area contributed by atoms with Crippen LogP contribution in [0.1, 0.15) is 32.6 Å². The van der Waals surface area contributed by atoms with Gasteiger partial charge in [0.05, 0.1) is 20.4 Å². The molecule has 0 bridgehead atoms. The van der Waals surface area contributed by atoms with E-state index in [2.05, 4.69) is 10.5 Å². The van der Waals surface area contributed by atoms with Crippen molar-refractivity contribution in [2.45, 2.75) is 20.5 Å². The molecule has 0 radical (unpaired) electrons. The van der Waals surface area contributed by atoms with E-state index in [0.29, 0.717) is 17.1 Å². The van der Waals surface area contributed by atoms with Crippen molar-refractivity contribution in [1.82, 2.24) is 5.43 Å². The van der Waals surface area contributed by atoms with Crippen molar-refractivity contribution in [3.63, 3.8) is 0 Å². The van der Waals surface area contributed by atoms with E-state index in [0.717, 1.165) is 27.3 Å². The molecule has 0 heterocycles. The highest BCUT2D eigenvalue weighted by molar-refractivity contribution is 6.32. The van der Waals surface area contributed by atoms with Gasteiger partial charge in [-0.2, -0.15) is 5.10 Å². The van der Waals surface area contributed by atoms with Crippen LogP contribution in [-0.4, -0.2) is 31.4 Å². The number of halogens is 1. The Morgan fingerprint density at radius 2 is 1.73 bits per heavy atom. The summed E-state index contributed by atoms with van der Waals surface area (Å²) in [5.74, 6) is 1.11. The third-order valence-electron chi connectivity index (χ3n) is 4.93. The van der Waals surface area contributed by atoms with Crippen molar-refractivity contribution >= 4 is 23.7 Å². The van der Waals surface area contributed by atoms with Crippen LogP contribution < -0.4 is 19.6 Å². The molecule has 3 aromatic rings. The zero-order valence-electron chi connectivity index (χ0n) is 18.8. The highest BCUT2D eigenvalue weighted by atomic mass is 35.5. The number of phenolic OH excluding ortho intramolecular Hbond substituents is 1. The molecule has 172 valence electrons. The first-order valence-corrected chi connectivity index (χ1v) is 10.5. The van der Waals surface area contributed by atoms with Crippen molar-refractivity contribution in [2.24, 2.45) is 5.10 Å². The normalized spacial score (nSPS) is 10.8. The lowest BCUT2D eigenvalue weighted by molar-refractivity contribution is 0.0954. The quantitative estimate of drug-likeness (QED) is 0.358. The van der Waals surface area contributed by atoms with E-state index in [9.17, 15) is 9.90 Å². The minimum absolute atomic E-state index is 0.0468. The molecule has 0 aliphatic heterocycles. The van der Waals surface area contributed by atoms with Gasteiger partial charge in [0.15, 0.2) is 11.5 Å². The maximum Gasteiger partial charge on any atom is 0.271 e. The fourth-order valence-corrected chi connectivity index (χ4v) is 3.30. The zero-order chi connectivity index (χ0) is 24.0. The molecule has 3 rings (SSSR count). The van der Waals surface area contributed by atoms with Gasteiger partial charge in [-0.25, -0.2) is 5.43 Å². The van der Waals surface area contributed by atoms with E-state index in [-0.39, 0.29) is 18.1 Å². The summed E-state index contributed by atoms with van der Waals surface area (Å²) in [7, 11) is 3.00. The average Bonchev–Trinajstić information content (AvgIpc) is 2.81. The van der Waals surface area contributed by atoms with Crippen LogP contribution in [0.5, 0.6) is 23.0 Å². The third-order valence-corrected chi connectivity index (χ3v) is 5.53. The second-order valence-electron chi connectivity index (χ2n) is 7.32. The largest absolute Gasteiger partial charge is 0.504 e. The van der Waals surface area contributed by atoms with Crippen LogP contribution in [0.15, 0.2) is 53.6 Å². The van der Waals surface area contributed by atoms with Gasteiger partial charge < -0.3 is 19.3 Å². The minimum atomic E-state index is -0.435. The number of hydrogen-bond donors (Lipinski definition) is 2. The predicted molar refractivity (Wildman–Crippen MR) is 128 cm³/mol. The molecule has 0 unspecified atom stereocenters. The summed E-state index contributed by atoms with van der Waals surface area (Å²) in [6.07, 6.45) is 1.52. The molecule has 0 saturated heterocycles. The number of ether oxygens (including phenoxy) is 3. The maximum absolute atomic E-state index is 12.3. The van der Waals surface area contributed by atoms with E-state index >= 15 is 0 Å². The summed E-state index contributed by atoms with van der Waals surface area (Å²) in [5.41, 5.74) is 6.23. The summed E-state index contributed by atoms with van der Waals surface area (Å²) in [6, 6.07) is 13.6. The molecular formula is C25H25ClN2O5. The van der Waals surface area contributed by atoms with E-state index in [1.54, 1.807) is 7.11 Å². The first kappa shape index (κ1) is 23.9. The predicted octanol–water partition coefficient (Wildman–Crippen LogP) is 5.02. The Hall–Kier alpha value is -3.71. The van der Waals surface area contributed by atoms with Gasteiger partial charge in [-0.05, 0) is 79.1 Å². The number of nitrogens with zero attached hydrogens (tertiary/aromatic N) is 1. The standard InChI is InChI=1S/C25H25ClN2O5/c1-15-9-20(10-16(2)24(15)26)33-14-19-11-17(5-8-22(19)31-3)13-27-28-25(30)18-6-7-21(29)23(12-18)32-4/h5-13,29H,14H2,1-4H3,(H,28,30)/b27-13+. The molecule has 0 aliphatic carbocycles. The van der Waals surface area contributed by atoms with E-state index < -0.39 is 5.91 Å². The number of hydrogen-bond acceptors (Lipinski definition) is 6. The first-order valence-electron chi connectivity index (χ1n) is 10.1. The van der Waals surface area contributed by atoms with Gasteiger partial charge in [0.25, 0.3) is 5.91 Å². The fraction of sp³-hybridized carbons (Fsp3) is 0.200. The monoisotopic (exact) mass is 468 g/mol. The van der Waals surface area contributed by atoms with Gasteiger partial charge >= 0.3 is 0 Å². The van der Waals surface area contributed by atoms with Gasteiger partial charge in [0.1, 0.15) is 18.1 Å². The van der Waals surface area contributed by atoms with Gasteiger partial charge in [-0.15, -0.1) is 0 Å². The van der Waals surface area contributed by atoms with Gasteiger partial charge in [0, 0.05) is 16.1 Å². The van der Waals surface area contributed by atoms with Crippen molar-refractivity contribution in [2.75, 3.05) is 14.2 Å². The second kappa shape index (κ2) is 10.7. The summed E-state index contributed by atoms with van der Waals surface area (Å²) < 4.78 is 16.4. The van der Waals surface area contributed by atoms with Crippen molar-refractivity contribution in [3.05, 3.63) is 81.4 Å². The molecule has 0 fully saturated rings.